The van der Waals surface area contributed by atoms with E-state index in [0.29, 0.717) is 23.4 Å². The van der Waals surface area contributed by atoms with Gasteiger partial charge in [0.2, 0.25) is 17.7 Å². The summed E-state index contributed by atoms with van der Waals surface area (Å²) in [5.74, 6) is -2.02. The van der Waals surface area contributed by atoms with Crippen molar-refractivity contribution in [1.82, 2.24) is 4.90 Å². The molecule has 1 aromatic heterocycles. The number of anilines is 1. The van der Waals surface area contributed by atoms with Gasteiger partial charge in [-0.3, -0.25) is 19.3 Å². The summed E-state index contributed by atoms with van der Waals surface area (Å²) >= 11 is 1.30. The highest BCUT2D eigenvalue weighted by Gasteiger charge is 2.48. The lowest BCUT2D eigenvalue weighted by Gasteiger charge is -2.19. The zero-order valence-corrected chi connectivity index (χ0v) is 16.4. The van der Waals surface area contributed by atoms with Crippen LogP contribution in [0.1, 0.15) is 54.8 Å². The van der Waals surface area contributed by atoms with Gasteiger partial charge >= 0.3 is 5.97 Å². The summed E-state index contributed by atoms with van der Waals surface area (Å²) in [6.07, 6.45) is 4.03. The van der Waals surface area contributed by atoms with Crippen LogP contribution >= 0.6 is 11.3 Å². The van der Waals surface area contributed by atoms with Crippen LogP contribution < -0.4 is 5.32 Å². The van der Waals surface area contributed by atoms with Crippen LogP contribution in [0.2, 0.25) is 0 Å². The molecular weight excluding hydrogens is 368 g/mol. The van der Waals surface area contributed by atoms with Gasteiger partial charge in [0.1, 0.15) is 11.5 Å². The van der Waals surface area contributed by atoms with Crippen LogP contribution in [0.15, 0.2) is 6.07 Å². The zero-order chi connectivity index (χ0) is 19.6. The summed E-state index contributed by atoms with van der Waals surface area (Å²) < 4.78 is 5.04. The summed E-state index contributed by atoms with van der Waals surface area (Å²) in [4.78, 5) is 51.6. The van der Waals surface area contributed by atoms with Gasteiger partial charge in [0, 0.05) is 4.88 Å². The molecule has 1 aromatic rings. The molecule has 1 N–H and O–H groups in total. The lowest BCUT2D eigenvalue weighted by atomic mass is 9.81. The molecule has 146 valence electrons. The van der Waals surface area contributed by atoms with Crippen LogP contribution in [0.3, 0.4) is 0 Å². The summed E-state index contributed by atoms with van der Waals surface area (Å²) in [6.45, 7) is 3.60. The molecule has 2 fully saturated rings. The van der Waals surface area contributed by atoms with Crippen LogP contribution in [0.4, 0.5) is 5.00 Å². The number of carbonyl (C=O) groups is 4. The van der Waals surface area contributed by atoms with Crippen molar-refractivity contribution in [3.05, 3.63) is 16.5 Å². The quantitative estimate of drug-likeness (QED) is 0.593. The summed E-state index contributed by atoms with van der Waals surface area (Å²) in [7, 11) is 0. The van der Waals surface area contributed by atoms with Crippen molar-refractivity contribution >= 4 is 40.0 Å². The van der Waals surface area contributed by atoms with Gasteiger partial charge in [0.15, 0.2) is 0 Å². The average Bonchev–Trinajstić information content (AvgIpc) is 3.17. The minimum atomic E-state index is -0.497. The van der Waals surface area contributed by atoms with E-state index in [2.05, 4.69) is 5.32 Å². The molecule has 3 amide bonds. The fraction of sp³-hybridized carbons (Fsp3) is 0.579. The van der Waals surface area contributed by atoms with Crippen LogP contribution in [0.25, 0.3) is 0 Å². The number of nitrogens with one attached hydrogen (secondary N) is 1. The molecule has 0 aromatic carbocycles. The maximum atomic E-state index is 12.5. The smallest absolute Gasteiger partial charge is 0.341 e. The highest BCUT2D eigenvalue weighted by molar-refractivity contribution is 7.16. The zero-order valence-electron chi connectivity index (χ0n) is 15.6. The Morgan fingerprint density at radius 1 is 1.19 bits per heavy atom. The minimum absolute atomic E-state index is 0.239. The second-order valence-corrected chi connectivity index (χ2v) is 7.97. The van der Waals surface area contributed by atoms with Crippen molar-refractivity contribution in [3.63, 3.8) is 0 Å². The third-order valence-electron chi connectivity index (χ3n) is 5.11. The van der Waals surface area contributed by atoms with Gasteiger partial charge in [0.25, 0.3) is 0 Å². The molecule has 27 heavy (non-hydrogen) atoms. The number of amides is 3. The fourth-order valence-corrected chi connectivity index (χ4v) is 4.77. The molecule has 2 heterocycles. The first-order valence-corrected chi connectivity index (χ1v) is 10.2. The number of carbonyl (C=O) groups excluding carboxylic acids is 4. The Bertz CT molecular complexity index is 748. The molecule has 1 saturated carbocycles. The van der Waals surface area contributed by atoms with Crippen LogP contribution in [-0.4, -0.2) is 41.7 Å². The largest absolute Gasteiger partial charge is 0.462 e. The first-order chi connectivity index (χ1) is 13.0. The minimum Gasteiger partial charge on any atom is -0.462 e. The summed E-state index contributed by atoms with van der Waals surface area (Å²) in [6, 6.07) is 1.71. The lowest BCUT2D eigenvalue weighted by Crippen LogP contribution is -2.38. The molecule has 7 nitrogen and oxygen atoms in total. The molecule has 0 radical (unpaired) electrons. The van der Waals surface area contributed by atoms with E-state index in [-0.39, 0.29) is 36.8 Å². The van der Waals surface area contributed by atoms with E-state index in [4.69, 9.17) is 4.74 Å². The standard InChI is InChI=1S/C19H24N2O5S/c1-3-11-9-14(19(25)26-4-2)16(27-11)20-15(22)10-21-17(23)12-7-5-6-8-13(12)18(21)24/h9,12-13H,3-8,10H2,1-2H3,(H,20,22)/t12-,13-/m0/s1. The summed E-state index contributed by atoms with van der Waals surface area (Å²) in [5.41, 5.74) is 0.305. The SMILES string of the molecule is CCOC(=O)c1cc(CC)sc1NC(=O)CN1C(=O)[C@H]2CCCC[C@@H]2C1=O. The lowest BCUT2D eigenvalue weighted by molar-refractivity contribution is -0.142. The predicted molar refractivity (Wildman–Crippen MR) is 100 cm³/mol. The number of imide groups is 1. The highest BCUT2D eigenvalue weighted by atomic mass is 32.1. The molecule has 0 unspecified atom stereocenters. The topological polar surface area (TPSA) is 92.8 Å². The van der Waals surface area contributed by atoms with Crippen molar-refractivity contribution in [3.8, 4) is 0 Å². The van der Waals surface area contributed by atoms with Crippen molar-refractivity contribution in [1.29, 1.82) is 0 Å². The predicted octanol–water partition coefficient (Wildman–Crippen LogP) is 2.60. The number of aryl methyl sites for hydroxylation is 1. The maximum Gasteiger partial charge on any atom is 0.341 e. The van der Waals surface area contributed by atoms with E-state index < -0.39 is 11.9 Å². The Morgan fingerprint density at radius 2 is 1.81 bits per heavy atom. The first-order valence-electron chi connectivity index (χ1n) is 9.41. The number of hydrogen-bond donors (Lipinski definition) is 1. The van der Waals surface area contributed by atoms with Gasteiger partial charge in [-0.15, -0.1) is 11.3 Å². The number of thiophene rings is 1. The van der Waals surface area contributed by atoms with Gasteiger partial charge < -0.3 is 10.1 Å². The number of ether oxygens (including phenoxy) is 1. The molecule has 3 rings (SSSR count). The molecule has 0 spiro atoms. The number of likely N-dealkylation sites (tertiary alicyclic amines) is 1. The van der Waals surface area contributed by atoms with Gasteiger partial charge in [0.05, 0.1) is 24.0 Å². The molecule has 8 heteroatoms. The number of nitrogens with zero attached hydrogens (tertiary/aromatic N) is 1. The van der Waals surface area contributed by atoms with E-state index in [9.17, 15) is 19.2 Å². The van der Waals surface area contributed by atoms with Crippen molar-refractivity contribution in [2.75, 3.05) is 18.5 Å². The van der Waals surface area contributed by atoms with E-state index >= 15 is 0 Å². The van der Waals surface area contributed by atoms with E-state index in [1.54, 1.807) is 13.0 Å². The second-order valence-electron chi connectivity index (χ2n) is 6.84. The summed E-state index contributed by atoms with van der Waals surface area (Å²) in [5, 5.41) is 3.08. The van der Waals surface area contributed by atoms with Gasteiger partial charge in [-0.1, -0.05) is 19.8 Å². The molecule has 1 aliphatic heterocycles. The van der Waals surface area contributed by atoms with Crippen LogP contribution in [0.5, 0.6) is 0 Å². The van der Waals surface area contributed by atoms with Crippen molar-refractivity contribution < 1.29 is 23.9 Å². The van der Waals surface area contributed by atoms with E-state index in [1.807, 2.05) is 6.92 Å². The second kappa shape index (κ2) is 8.21. The van der Waals surface area contributed by atoms with E-state index in [1.165, 1.54) is 11.3 Å². The third-order valence-corrected chi connectivity index (χ3v) is 6.31. The molecule has 2 atom stereocenters. The number of rotatable bonds is 6. The Hall–Kier alpha value is -2.22. The Kier molecular flexibility index (Phi) is 5.94. The van der Waals surface area contributed by atoms with Crippen molar-refractivity contribution in [2.24, 2.45) is 11.8 Å². The van der Waals surface area contributed by atoms with Gasteiger partial charge in [-0.2, -0.15) is 0 Å². The normalized spacial score (nSPS) is 21.9. The van der Waals surface area contributed by atoms with Gasteiger partial charge in [-0.05, 0) is 32.3 Å². The number of esters is 1. The maximum absolute atomic E-state index is 12.5. The fourth-order valence-electron chi connectivity index (χ4n) is 3.77. The van der Waals surface area contributed by atoms with Crippen LogP contribution in [0, 0.1) is 11.8 Å². The number of fused-ring (bicyclic) bond motifs is 1. The monoisotopic (exact) mass is 392 g/mol. The average molecular weight is 392 g/mol. The van der Waals surface area contributed by atoms with Gasteiger partial charge in [-0.25, -0.2) is 4.79 Å². The Balaban J connectivity index is 1.71. The third kappa shape index (κ3) is 3.90. The Morgan fingerprint density at radius 3 is 2.37 bits per heavy atom. The van der Waals surface area contributed by atoms with Crippen molar-refractivity contribution in [2.45, 2.75) is 46.0 Å². The van der Waals surface area contributed by atoms with Crippen LogP contribution in [-0.2, 0) is 25.5 Å². The molecule has 2 aliphatic rings. The molecular formula is C19H24N2O5S. The number of hydrogen-bond acceptors (Lipinski definition) is 6. The first kappa shape index (κ1) is 19.5. The molecule has 1 saturated heterocycles. The Labute approximate surface area is 162 Å². The highest BCUT2D eigenvalue weighted by Crippen LogP contribution is 2.38. The molecule has 1 aliphatic carbocycles. The van der Waals surface area contributed by atoms with E-state index in [0.717, 1.165) is 29.0 Å². The molecule has 0 bridgehead atoms.